The minimum atomic E-state index is -0.424. The van der Waals surface area contributed by atoms with Crippen molar-refractivity contribution < 1.29 is 9.59 Å². The van der Waals surface area contributed by atoms with Gasteiger partial charge in [-0.1, -0.05) is 13.8 Å². The number of hydrogen-bond acceptors (Lipinski definition) is 2. The minimum absolute atomic E-state index is 0.0277. The van der Waals surface area contributed by atoms with Crippen LogP contribution in [0.25, 0.3) is 0 Å². The first-order valence-electron chi connectivity index (χ1n) is 7.38. The van der Waals surface area contributed by atoms with E-state index in [0.29, 0.717) is 5.92 Å². The van der Waals surface area contributed by atoms with Gasteiger partial charge in [0.2, 0.25) is 5.91 Å². The first-order chi connectivity index (χ1) is 9.99. The standard InChI is InChI=1S/C16H19IN2O2/c1-9(2)14-15(20)18-13(10-3-4-10)16(21)19(14)12-7-5-11(17)6-8-12/h5-10,13-14H,3-4H2,1-2H3,(H,18,20). The zero-order chi connectivity index (χ0) is 15.1. The quantitative estimate of drug-likeness (QED) is 0.796. The van der Waals surface area contributed by atoms with Crippen LogP contribution in [0.2, 0.25) is 0 Å². The van der Waals surface area contributed by atoms with Gasteiger partial charge in [-0.2, -0.15) is 0 Å². The number of benzene rings is 1. The van der Waals surface area contributed by atoms with Gasteiger partial charge < -0.3 is 5.32 Å². The van der Waals surface area contributed by atoms with Crippen LogP contribution in [-0.4, -0.2) is 23.9 Å². The molecule has 3 rings (SSSR count). The Morgan fingerprint density at radius 1 is 1.19 bits per heavy atom. The number of rotatable bonds is 3. The van der Waals surface area contributed by atoms with Gasteiger partial charge in [0.05, 0.1) is 0 Å². The summed E-state index contributed by atoms with van der Waals surface area (Å²) in [6.45, 7) is 3.96. The van der Waals surface area contributed by atoms with Gasteiger partial charge in [0.15, 0.2) is 0 Å². The Labute approximate surface area is 138 Å². The maximum absolute atomic E-state index is 12.9. The average Bonchev–Trinajstić information content (AvgIpc) is 3.25. The molecule has 4 nitrogen and oxygen atoms in total. The van der Waals surface area contributed by atoms with Gasteiger partial charge in [-0.25, -0.2) is 0 Å². The maximum Gasteiger partial charge on any atom is 0.250 e. The lowest BCUT2D eigenvalue weighted by molar-refractivity contribution is -0.135. The number of carbonyl (C=O) groups excluding carboxylic acids is 2. The number of halogens is 1. The molecule has 2 amide bonds. The fourth-order valence-corrected chi connectivity index (χ4v) is 3.30. The number of piperazine rings is 1. The zero-order valence-corrected chi connectivity index (χ0v) is 14.3. The van der Waals surface area contributed by atoms with Crippen LogP contribution in [0.15, 0.2) is 24.3 Å². The molecule has 112 valence electrons. The van der Waals surface area contributed by atoms with Crippen LogP contribution < -0.4 is 10.2 Å². The predicted octanol–water partition coefficient (Wildman–Crippen LogP) is 2.56. The molecule has 1 saturated carbocycles. The van der Waals surface area contributed by atoms with E-state index in [1.807, 2.05) is 38.1 Å². The molecule has 0 aromatic heterocycles. The lowest BCUT2D eigenvalue weighted by Gasteiger charge is -2.41. The van der Waals surface area contributed by atoms with Gasteiger partial charge in [-0.3, -0.25) is 14.5 Å². The Bertz CT molecular complexity index is 566. The van der Waals surface area contributed by atoms with E-state index in [1.54, 1.807) is 4.90 Å². The van der Waals surface area contributed by atoms with Gasteiger partial charge in [-0.15, -0.1) is 0 Å². The molecule has 0 radical (unpaired) electrons. The van der Waals surface area contributed by atoms with Crippen LogP contribution in [0.4, 0.5) is 5.69 Å². The predicted molar refractivity (Wildman–Crippen MR) is 89.9 cm³/mol. The summed E-state index contributed by atoms with van der Waals surface area (Å²) in [5.74, 6) is 0.409. The normalized spacial score (nSPS) is 26.2. The Morgan fingerprint density at radius 2 is 1.81 bits per heavy atom. The molecular weight excluding hydrogens is 379 g/mol. The zero-order valence-electron chi connectivity index (χ0n) is 12.2. The van der Waals surface area contributed by atoms with Crippen LogP contribution in [0.5, 0.6) is 0 Å². The van der Waals surface area contributed by atoms with Crippen molar-refractivity contribution in [1.29, 1.82) is 0 Å². The second kappa shape index (κ2) is 5.59. The molecule has 21 heavy (non-hydrogen) atoms. The summed E-state index contributed by atoms with van der Waals surface area (Å²) in [5.41, 5.74) is 0.819. The lowest BCUT2D eigenvalue weighted by atomic mass is 9.95. The molecule has 1 aliphatic heterocycles. The van der Waals surface area contributed by atoms with E-state index in [-0.39, 0.29) is 23.8 Å². The number of nitrogens with zero attached hydrogens (tertiary/aromatic N) is 1. The lowest BCUT2D eigenvalue weighted by Crippen LogP contribution is -2.65. The van der Waals surface area contributed by atoms with Gasteiger partial charge in [0.25, 0.3) is 5.91 Å². The highest BCUT2D eigenvalue weighted by Gasteiger charge is 2.48. The van der Waals surface area contributed by atoms with Crippen molar-refractivity contribution in [2.45, 2.75) is 38.8 Å². The molecule has 2 aliphatic rings. The van der Waals surface area contributed by atoms with Crippen molar-refractivity contribution in [3.8, 4) is 0 Å². The van der Waals surface area contributed by atoms with Gasteiger partial charge in [-0.05, 0) is 71.5 Å². The molecule has 1 heterocycles. The second-order valence-electron chi connectivity index (χ2n) is 6.20. The molecule has 0 bridgehead atoms. The van der Waals surface area contributed by atoms with Crippen molar-refractivity contribution in [3.05, 3.63) is 27.8 Å². The molecule has 2 unspecified atom stereocenters. The summed E-state index contributed by atoms with van der Waals surface area (Å²) in [5, 5.41) is 2.94. The van der Waals surface area contributed by atoms with Crippen LogP contribution in [0, 0.1) is 15.4 Å². The number of carbonyl (C=O) groups is 2. The Balaban J connectivity index is 1.99. The summed E-state index contributed by atoms with van der Waals surface area (Å²) in [7, 11) is 0. The van der Waals surface area contributed by atoms with Crippen molar-refractivity contribution >= 4 is 40.1 Å². The molecule has 0 spiro atoms. The largest absolute Gasteiger partial charge is 0.342 e. The van der Waals surface area contributed by atoms with Crippen molar-refractivity contribution in [1.82, 2.24) is 5.32 Å². The van der Waals surface area contributed by atoms with Crippen molar-refractivity contribution in [3.63, 3.8) is 0 Å². The van der Waals surface area contributed by atoms with Crippen LogP contribution >= 0.6 is 22.6 Å². The van der Waals surface area contributed by atoms with Crippen LogP contribution in [0.1, 0.15) is 26.7 Å². The third-order valence-electron chi connectivity index (χ3n) is 4.18. The molecule has 1 aliphatic carbocycles. The minimum Gasteiger partial charge on any atom is -0.342 e. The number of anilines is 1. The van der Waals surface area contributed by atoms with Crippen LogP contribution in [-0.2, 0) is 9.59 Å². The first-order valence-corrected chi connectivity index (χ1v) is 8.46. The van der Waals surface area contributed by atoms with Crippen LogP contribution in [0.3, 0.4) is 0 Å². The van der Waals surface area contributed by atoms with E-state index >= 15 is 0 Å². The highest BCUT2D eigenvalue weighted by Crippen LogP contribution is 2.37. The fraction of sp³-hybridized carbons (Fsp3) is 0.500. The summed E-state index contributed by atoms with van der Waals surface area (Å²) in [6.07, 6.45) is 2.06. The molecule has 2 atom stereocenters. The second-order valence-corrected chi connectivity index (χ2v) is 7.44. The highest BCUT2D eigenvalue weighted by molar-refractivity contribution is 14.1. The smallest absolute Gasteiger partial charge is 0.250 e. The first kappa shape index (κ1) is 14.8. The fourth-order valence-electron chi connectivity index (χ4n) is 2.94. The summed E-state index contributed by atoms with van der Waals surface area (Å²) >= 11 is 2.24. The van der Waals surface area contributed by atoms with E-state index in [9.17, 15) is 9.59 Å². The maximum atomic E-state index is 12.9. The Kier molecular flexibility index (Phi) is 3.94. The van der Waals surface area contributed by atoms with Gasteiger partial charge in [0, 0.05) is 9.26 Å². The molecule has 1 aromatic carbocycles. The summed E-state index contributed by atoms with van der Waals surface area (Å²) < 4.78 is 1.12. The molecular formula is C16H19IN2O2. The molecule has 5 heteroatoms. The van der Waals surface area contributed by atoms with Gasteiger partial charge >= 0.3 is 0 Å². The monoisotopic (exact) mass is 398 g/mol. The van der Waals surface area contributed by atoms with E-state index in [0.717, 1.165) is 22.1 Å². The Hall–Kier alpha value is -1.11. The Morgan fingerprint density at radius 3 is 2.33 bits per heavy atom. The third-order valence-corrected chi connectivity index (χ3v) is 4.90. The molecule has 1 saturated heterocycles. The summed E-state index contributed by atoms with van der Waals surface area (Å²) in [6, 6.07) is 7.03. The molecule has 1 N–H and O–H groups in total. The van der Waals surface area contributed by atoms with E-state index in [4.69, 9.17) is 0 Å². The van der Waals surface area contributed by atoms with E-state index in [2.05, 4.69) is 27.9 Å². The molecule has 1 aromatic rings. The topological polar surface area (TPSA) is 49.4 Å². The van der Waals surface area contributed by atoms with E-state index in [1.165, 1.54) is 0 Å². The van der Waals surface area contributed by atoms with Crippen molar-refractivity contribution in [2.24, 2.45) is 11.8 Å². The SMILES string of the molecule is CC(C)C1C(=O)NC(C2CC2)C(=O)N1c1ccc(I)cc1. The molecule has 2 fully saturated rings. The number of nitrogens with one attached hydrogen (secondary N) is 1. The summed E-state index contributed by atoms with van der Waals surface area (Å²) in [4.78, 5) is 27.0. The third kappa shape index (κ3) is 2.80. The highest BCUT2D eigenvalue weighted by atomic mass is 127. The number of hydrogen-bond donors (Lipinski definition) is 1. The number of amides is 2. The van der Waals surface area contributed by atoms with E-state index < -0.39 is 6.04 Å². The average molecular weight is 398 g/mol. The van der Waals surface area contributed by atoms with Gasteiger partial charge in [0.1, 0.15) is 12.1 Å². The van der Waals surface area contributed by atoms with Crippen molar-refractivity contribution in [2.75, 3.05) is 4.90 Å².